The van der Waals surface area contributed by atoms with E-state index in [-0.39, 0.29) is 23.9 Å². The van der Waals surface area contributed by atoms with E-state index in [9.17, 15) is 0 Å². The molecule has 3 aliphatic heterocycles. The van der Waals surface area contributed by atoms with Crippen molar-refractivity contribution in [2.45, 2.75) is 20.0 Å². The van der Waals surface area contributed by atoms with Crippen LogP contribution in [0.2, 0.25) is 4.34 Å². The van der Waals surface area contributed by atoms with Gasteiger partial charge in [-0.25, -0.2) is 29.9 Å². The number of aromatic nitrogens is 12. The van der Waals surface area contributed by atoms with Crippen molar-refractivity contribution in [1.82, 2.24) is 59.8 Å². The van der Waals surface area contributed by atoms with Gasteiger partial charge in [-0.15, -0.1) is 11.3 Å². The van der Waals surface area contributed by atoms with Crippen molar-refractivity contribution in [3.8, 4) is 34.0 Å². The number of benzene rings is 2. The van der Waals surface area contributed by atoms with Gasteiger partial charge in [0.2, 0.25) is 17.8 Å². The van der Waals surface area contributed by atoms with Crippen LogP contribution in [-0.4, -0.2) is 145 Å². The van der Waals surface area contributed by atoms with Crippen LogP contribution >= 0.6 is 22.9 Å². The van der Waals surface area contributed by atoms with Gasteiger partial charge in [0.25, 0.3) is 0 Å². The average Bonchev–Trinajstić information content (AvgIpc) is 3.89. The molecule has 0 aliphatic carbocycles. The van der Waals surface area contributed by atoms with Gasteiger partial charge >= 0.3 is 0 Å². The number of anilines is 6. The molecule has 9 aromatic rings. The van der Waals surface area contributed by atoms with E-state index in [1.54, 1.807) is 24.8 Å². The van der Waals surface area contributed by atoms with Gasteiger partial charge < -0.3 is 55.6 Å². The molecule has 0 bridgehead atoms. The fourth-order valence-corrected chi connectivity index (χ4v) is 9.65. The molecule has 3 aliphatic rings. The lowest BCUT2D eigenvalue weighted by atomic mass is 10.1. The molecule has 0 radical (unpaired) electrons. The van der Waals surface area contributed by atoms with Crippen LogP contribution < -0.4 is 41.4 Å². The van der Waals surface area contributed by atoms with Crippen LogP contribution in [0.15, 0.2) is 85.5 Å². The van der Waals surface area contributed by atoms with Crippen molar-refractivity contribution in [1.29, 1.82) is 0 Å². The second-order valence-corrected chi connectivity index (χ2v) is 18.6. The first-order valence-electron chi connectivity index (χ1n) is 24.3. The summed E-state index contributed by atoms with van der Waals surface area (Å²) in [5.74, 6) is 4.23. The lowest BCUT2D eigenvalue weighted by molar-refractivity contribution is 0.0419. The molecule has 0 amide bonds. The summed E-state index contributed by atoms with van der Waals surface area (Å²) in [6.45, 7) is 12.6. The first-order chi connectivity index (χ1) is 36.7. The molecule has 6 N–H and O–H groups in total. The molecule has 386 valence electrons. The summed E-state index contributed by atoms with van der Waals surface area (Å²) in [5, 5.41) is 0. The maximum absolute atomic E-state index is 6.03. The molecule has 23 nitrogen and oxygen atoms in total. The maximum atomic E-state index is 6.03. The number of rotatable bonds is 10. The summed E-state index contributed by atoms with van der Waals surface area (Å²) in [5.41, 5.74) is 24.2. The van der Waals surface area contributed by atoms with Crippen LogP contribution in [0.3, 0.4) is 0 Å². The monoisotopic (exact) mass is 1050 g/mol. The number of thiophene rings is 1. The van der Waals surface area contributed by atoms with Crippen LogP contribution in [0.5, 0.6) is 11.5 Å². The SMILES string of the molecule is CCOc1cccc(-c2cnc3nc(N)nc(N4CCOCC4)c3n2)c1.CCOc1ccccc1-c1cnc2nc(N)nc(N3CCOCC3)c2n1.Nc1nc(N2CCOC(c3ccc(Cl)s3)C2)c2nccnc2n1. The van der Waals surface area contributed by atoms with Crippen molar-refractivity contribution >= 4 is 91.7 Å². The zero-order valence-electron chi connectivity index (χ0n) is 41.1. The third-order valence-corrected chi connectivity index (χ3v) is 13.3. The fraction of sp³-hybridized carbons (Fsp3) is 0.320. The standard InChI is InChI=1S/2C18H20N6O2.C14H13ClN6OS/c1-2-26-13-5-3-4-12(10-13)14-11-20-16-15(21-14)17(23-18(19)22-16)24-6-8-25-9-7-24;1-2-26-14-6-4-3-5-12(14)13-11-20-16-15(21-13)17(23-18(19)22-16)24-7-9-25-10-8-24;15-10-2-1-9(23-10)8-7-21(5-6-22-8)13-11-12(18-4-3-17-11)19-14(16)20-13/h3-5,10-11H,2,6-9H2,1H3,(H2,19,20,22,23);3-6,11H,2,7-10H2,1H3,(H2,19,20,22,23);1-4,8H,5-7H2,(H2,16,18,19,20). The molecule has 75 heavy (non-hydrogen) atoms. The summed E-state index contributed by atoms with van der Waals surface area (Å²) in [6, 6.07) is 19.4. The van der Waals surface area contributed by atoms with E-state index in [4.69, 9.17) is 62.5 Å². The van der Waals surface area contributed by atoms with E-state index in [1.807, 2.05) is 74.5 Å². The second kappa shape index (κ2) is 23.5. The Balaban J connectivity index is 0.000000129. The summed E-state index contributed by atoms with van der Waals surface area (Å²) in [7, 11) is 0. The van der Waals surface area contributed by atoms with E-state index >= 15 is 0 Å². The number of halogens is 1. The fourth-order valence-electron chi connectivity index (χ4n) is 8.55. The molecular weight excluding hydrogens is 1000 g/mol. The lowest BCUT2D eigenvalue weighted by Gasteiger charge is -2.33. The third kappa shape index (κ3) is 11.8. The van der Waals surface area contributed by atoms with Gasteiger partial charge in [0.05, 0.1) is 80.9 Å². The Bertz CT molecular complexity index is 3420. The van der Waals surface area contributed by atoms with Crippen LogP contribution in [0.4, 0.5) is 35.3 Å². The molecule has 12 rings (SSSR count). The number of hydrogen-bond acceptors (Lipinski definition) is 24. The number of para-hydroxylation sites is 1. The van der Waals surface area contributed by atoms with Crippen molar-refractivity contribution in [2.75, 3.05) is 117 Å². The number of nitrogens with zero attached hydrogens (tertiary/aromatic N) is 15. The van der Waals surface area contributed by atoms with Crippen LogP contribution in [0, 0.1) is 0 Å². The summed E-state index contributed by atoms with van der Waals surface area (Å²) in [4.78, 5) is 60.3. The van der Waals surface area contributed by atoms with Crippen LogP contribution in [0.25, 0.3) is 56.0 Å². The molecule has 7 aromatic heterocycles. The minimum Gasteiger partial charge on any atom is -0.494 e. The predicted molar refractivity (Wildman–Crippen MR) is 288 cm³/mol. The van der Waals surface area contributed by atoms with Crippen molar-refractivity contribution in [3.63, 3.8) is 0 Å². The first kappa shape index (κ1) is 50.5. The zero-order valence-corrected chi connectivity index (χ0v) is 42.7. The van der Waals surface area contributed by atoms with Gasteiger partial charge in [0.15, 0.2) is 50.9 Å². The highest BCUT2D eigenvalue weighted by Crippen LogP contribution is 2.35. The second-order valence-electron chi connectivity index (χ2n) is 16.8. The molecule has 0 saturated carbocycles. The predicted octanol–water partition coefficient (Wildman–Crippen LogP) is 6.10. The van der Waals surface area contributed by atoms with Gasteiger partial charge in [0, 0.05) is 61.1 Å². The number of nitrogen functional groups attached to an aromatic ring is 3. The summed E-state index contributed by atoms with van der Waals surface area (Å²) < 4.78 is 28.8. The molecule has 3 fully saturated rings. The minimum absolute atomic E-state index is 0.0517. The van der Waals surface area contributed by atoms with Crippen molar-refractivity contribution < 1.29 is 23.7 Å². The highest BCUT2D eigenvalue weighted by molar-refractivity contribution is 7.16. The zero-order chi connectivity index (χ0) is 51.7. The Labute approximate surface area is 439 Å². The van der Waals surface area contributed by atoms with Crippen molar-refractivity contribution in [2.24, 2.45) is 0 Å². The number of morpholine rings is 3. The Kier molecular flexibility index (Phi) is 15.8. The number of fused-ring (bicyclic) bond motifs is 3. The van der Waals surface area contributed by atoms with Gasteiger partial charge in [-0.2, -0.15) is 29.9 Å². The maximum Gasteiger partial charge on any atom is 0.224 e. The molecule has 0 spiro atoms. The summed E-state index contributed by atoms with van der Waals surface area (Å²) in [6.07, 6.45) is 6.55. The van der Waals surface area contributed by atoms with E-state index in [1.165, 1.54) is 11.3 Å². The van der Waals surface area contributed by atoms with Gasteiger partial charge in [-0.1, -0.05) is 35.9 Å². The van der Waals surface area contributed by atoms with E-state index < -0.39 is 0 Å². The van der Waals surface area contributed by atoms with E-state index in [2.05, 4.69) is 64.5 Å². The normalized spacial score (nSPS) is 15.8. The quantitative estimate of drug-likeness (QED) is 0.139. The molecule has 2 aromatic carbocycles. The average molecular weight is 1050 g/mol. The topological polar surface area (TPSA) is 289 Å². The molecule has 1 atom stereocenters. The number of hydrogen-bond donors (Lipinski definition) is 3. The van der Waals surface area contributed by atoms with Crippen LogP contribution in [-0.2, 0) is 14.2 Å². The molecular formula is C50H53ClN18O5S. The van der Waals surface area contributed by atoms with E-state index in [0.29, 0.717) is 116 Å². The Morgan fingerprint density at radius 3 is 1.79 bits per heavy atom. The Morgan fingerprint density at radius 2 is 1.16 bits per heavy atom. The molecule has 1 unspecified atom stereocenters. The number of ether oxygens (including phenoxy) is 5. The van der Waals surface area contributed by atoms with Crippen LogP contribution in [0.1, 0.15) is 24.8 Å². The van der Waals surface area contributed by atoms with Gasteiger partial charge in [0.1, 0.15) is 17.6 Å². The van der Waals surface area contributed by atoms with Gasteiger partial charge in [-0.3, -0.25) is 0 Å². The first-order valence-corrected chi connectivity index (χ1v) is 25.5. The Morgan fingerprint density at radius 1 is 0.587 bits per heavy atom. The highest BCUT2D eigenvalue weighted by atomic mass is 35.5. The van der Waals surface area contributed by atoms with E-state index in [0.717, 1.165) is 63.7 Å². The smallest absolute Gasteiger partial charge is 0.224 e. The van der Waals surface area contributed by atoms with Crippen molar-refractivity contribution in [3.05, 3.63) is 94.7 Å². The minimum atomic E-state index is -0.0517. The van der Waals surface area contributed by atoms with Gasteiger partial charge in [-0.05, 0) is 50.2 Å². The Hall–Kier alpha value is -8.03. The summed E-state index contributed by atoms with van der Waals surface area (Å²) >= 11 is 7.55. The highest BCUT2D eigenvalue weighted by Gasteiger charge is 2.27. The molecule has 3 saturated heterocycles. The third-order valence-electron chi connectivity index (χ3n) is 11.9. The molecule has 25 heteroatoms. The largest absolute Gasteiger partial charge is 0.494 e. The molecule has 10 heterocycles. The lowest BCUT2D eigenvalue weighted by Crippen LogP contribution is -2.39. The number of nitrogens with two attached hydrogens (primary N) is 3.